The monoisotopic (exact) mass is 538 g/mol. The number of carbonyl (C=O) groups excluding carboxylic acids is 2. The third-order valence-electron chi connectivity index (χ3n) is 5.78. The number of nitro benzene ring substituents is 1. The van der Waals surface area contributed by atoms with Crippen LogP contribution < -0.4 is 20.1 Å². The first kappa shape index (κ1) is 27.2. The summed E-state index contributed by atoms with van der Waals surface area (Å²) in [6, 6.07) is 7.50. The van der Waals surface area contributed by atoms with E-state index in [1.54, 1.807) is 12.1 Å². The van der Waals surface area contributed by atoms with Crippen molar-refractivity contribution in [2.45, 2.75) is 49.5 Å². The van der Waals surface area contributed by atoms with Gasteiger partial charge in [-0.2, -0.15) is 0 Å². The van der Waals surface area contributed by atoms with Crippen molar-refractivity contribution in [1.29, 1.82) is 0 Å². The topological polar surface area (TPSA) is 157 Å². The molecule has 3 rings (SSSR count). The standard InChI is InChI=1S/C23H27ClN4O7S/c1-35-21-19(13-16(24)14-20(21)28(31)32)22(29)25-12-11-15-7-9-18(10-8-15)36(33,34)27-23(30)26-17-5-3-2-4-6-17/h7-10,13-14,17H,2-6,11-12H2,1H3,(H,25,29)(H2,26,27,30). The van der Waals surface area contributed by atoms with Gasteiger partial charge in [-0.15, -0.1) is 0 Å². The maximum Gasteiger partial charge on any atom is 0.328 e. The van der Waals surface area contributed by atoms with Crippen LogP contribution in [0.15, 0.2) is 41.3 Å². The average molecular weight is 539 g/mol. The molecule has 1 aliphatic carbocycles. The van der Waals surface area contributed by atoms with Crippen molar-refractivity contribution < 1.29 is 27.7 Å². The number of nitro groups is 1. The normalized spacial score (nSPS) is 14.1. The zero-order valence-electron chi connectivity index (χ0n) is 19.6. The summed E-state index contributed by atoms with van der Waals surface area (Å²) in [6.45, 7) is 0.163. The van der Waals surface area contributed by atoms with Crippen molar-refractivity contribution in [3.05, 3.63) is 62.7 Å². The number of methoxy groups -OCH3 is 1. The number of nitrogens with one attached hydrogen (secondary N) is 3. The maximum absolute atomic E-state index is 12.6. The number of ether oxygens (including phenoxy) is 1. The highest BCUT2D eigenvalue weighted by atomic mass is 35.5. The number of hydrogen-bond acceptors (Lipinski definition) is 7. The zero-order valence-corrected chi connectivity index (χ0v) is 21.2. The molecule has 11 nitrogen and oxygen atoms in total. The van der Waals surface area contributed by atoms with Gasteiger partial charge in [-0.1, -0.05) is 43.0 Å². The van der Waals surface area contributed by atoms with Crippen molar-refractivity contribution in [2.75, 3.05) is 13.7 Å². The molecule has 0 bridgehead atoms. The summed E-state index contributed by atoms with van der Waals surface area (Å²) in [5, 5.41) is 16.6. The van der Waals surface area contributed by atoms with E-state index in [9.17, 15) is 28.1 Å². The van der Waals surface area contributed by atoms with Gasteiger partial charge in [-0.3, -0.25) is 14.9 Å². The molecule has 194 valence electrons. The molecular formula is C23H27ClN4O7S. The van der Waals surface area contributed by atoms with Crippen molar-refractivity contribution >= 4 is 39.2 Å². The molecule has 2 aromatic rings. The molecule has 36 heavy (non-hydrogen) atoms. The van der Waals surface area contributed by atoms with Crippen LogP contribution in [0.1, 0.15) is 48.0 Å². The van der Waals surface area contributed by atoms with E-state index < -0.39 is 32.6 Å². The Morgan fingerprint density at radius 3 is 2.42 bits per heavy atom. The van der Waals surface area contributed by atoms with Gasteiger partial charge in [0.05, 0.1) is 22.5 Å². The maximum atomic E-state index is 12.6. The number of urea groups is 1. The Labute approximate surface area is 213 Å². The molecule has 1 saturated carbocycles. The van der Waals surface area contributed by atoms with Crippen molar-refractivity contribution in [2.24, 2.45) is 0 Å². The van der Waals surface area contributed by atoms with Crippen LogP contribution in [0.2, 0.25) is 5.02 Å². The van der Waals surface area contributed by atoms with Crippen molar-refractivity contribution in [3.63, 3.8) is 0 Å². The van der Waals surface area contributed by atoms with Crippen LogP contribution >= 0.6 is 11.6 Å². The van der Waals surface area contributed by atoms with E-state index in [0.717, 1.165) is 43.7 Å². The molecule has 3 amide bonds. The van der Waals surface area contributed by atoms with E-state index in [-0.39, 0.29) is 33.8 Å². The van der Waals surface area contributed by atoms with Gasteiger partial charge in [0.2, 0.25) is 5.75 Å². The summed E-state index contributed by atoms with van der Waals surface area (Å²) >= 11 is 5.91. The predicted molar refractivity (Wildman–Crippen MR) is 133 cm³/mol. The number of amides is 3. The fourth-order valence-electron chi connectivity index (χ4n) is 3.99. The summed E-state index contributed by atoms with van der Waals surface area (Å²) in [4.78, 5) is 35.2. The van der Waals surface area contributed by atoms with Gasteiger partial charge < -0.3 is 15.4 Å². The lowest BCUT2D eigenvalue weighted by atomic mass is 9.96. The molecule has 0 saturated heterocycles. The molecule has 0 aliphatic heterocycles. The quantitative estimate of drug-likeness (QED) is 0.325. The van der Waals surface area contributed by atoms with E-state index in [4.69, 9.17) is 16.3 Å². The first-order chi connectivity index (χ1) is 17.1. The summed E-state index contributed by atoms with van der Waals surface area (Å²) in [6.07, 6.45) is 5.15. The third-order valence-corrected chi connectivity index (χ3v) is 7.34. The SMILES string of the molecule is COc1c(C(=O)NCCc2ccc(S(=O)(=O)NC(=O)NC3CCCCC3)cc2)cc(Cl)cc1[N+](=O)[O-]. The van der Waals surface area contributed by atoms with Crippen LogP contribution in [0.25, 0.3) is 0 Å². The second-order valence-electron chi connectivity index (χ2n) is 8.33. The minimum Gasteiger partial charge on any atom is -0.490 e. The molecule has 13 heteroatoms. The molecule has 3 N–H and O–H groups in total. The van der Waals surface area contributed by atoms with Crippen LogP contribution in [0.3, 0.4) is 0 Å². The minimum atomic E-state index is -4.03. The Morgan fingerprint density at radius 1 is 1.14 bits per heavy atom. The van der Waals surface area contributed by atoms with E-state index >= 15 is 0 Å². The highest BCUT2D eigenvalue weighted by Crippen LogP contribution is 2.34. The van der Waals surface area contributed by atoms with Gasteiger partial charge in [0.25, 0.3) is 15.9 Å². The number of halogens is 1. The molecule has 0 spiro atoms. The first-order valence-electron chi connectivity index (χ1n) is 11.3. The minimum absolute atomic E-state index is 0.0190. The Hall–Kier alpha value is -3.38. The fraction of sp³-hybridized carbons (Fsp3) is 0.391. The molecule has 1 fully saturated rings. The number of nitrogens with zero attached hydrogens (tertiary/aromatic N) is 1. The van der Waals surface area contributed by atoms with Crippen LogP contribution in [-0.2, 0) is 16.4 Å². The Kier molecular flexibility index (Phi) is 9.10. The number of benzene rings is 2. The number of sulfonamides is 1. The lowest BCUT2D eigenvalue weighted by molar-refractivity contribution is -0.385. The highest BCUT2D eigenvalue weighted by Gasteiger charge is 2.24. The second kappa shape index (κ2) is 12.0. The molecule has 0 atom stereocenters. The lowest BCUT2D eigenvalue weighted by Gasteiger charge is -2.22. The number of carbonyl (C=O) groups is 2. The Bertz CT molecular complexity index is 1230. The molecule has 1 aliphatic rings. The molecule has 0 aromatic heterocycles. The highest BCUT2D eigenvalue weighted by molar-refractivity contribution is 7.90. The molecule has 0 heterocycles. The van der Waals surface area contributed by atoms with E-state index in [1.165, 1.54) is 25.3 Å². The van der Waals surface area contributed by atoms with Gasteiger partial charge in [0.1, 0.15) is 0 Å². The van der Waals surface area contributed by atoms with Crippen LogP contribution in [0.4, 0.5) is 10.5 Å². The lowest BCUT2D eigenvalue weighted by Crippen LogP contribution is -2.45. The van der Waals surface area contributed by atoms with Gasteiger partial charge in [-0.05, 0) is 43.0 Å². The van der Waals surface area contributed by atoms with E-state index in [0.29, 0.717) is 6.42 Å². The fourth-order valence-corrected chi connectivity index (χ4v) is 5.12. The average Bonchev–Trinajstić information content (AvgIpc) is 2.84. The van der Waals surface area contributed by atoms with Crippen LogP contribution in [-0.4, -0.2) is 45.0 Å². The van der Waals surface area contributed by atoms with Gasteiger partial charge in [0, 0.05) is 23.7 Å². The van der Waals surface area contributed by atoms with Crippen molar-refractivity contribution in [1.82, 2.24) is 15.4 Å². The summed E-state index contributed by atoms with van der Waals surface area (Å²) in [5.74, 6) is -0.804. The molecular weight excluding hydrogens is 512 g/mol. The molecule has 2 aromatic carbocycles. The van der Waals surface area contributed by atoms with E-state index in [2.05, 4.69) is 10.6 Å². The molecule has 0 radical (unpaired) electrons. The first-order valence-corrected chi connectivity index (χ1v) is 13.2. The summed E-state index contributed by atoms with van der Waals surface area (Å²) in [7, 11) is -2.81. The Morgan fingerprint density at radius 2 is 1.81 bits per heavy atom. The van der Waals surface area contributed by atoms with Gasteiger partial charge in [0.15, 0.2) is 0 Å². The third kappa shape index (κ3) is 7.08. The van der Waals surface area contributed by atoms with E-state index in [1.807, 2.05) is 4.72 Å². The van der Waals surface area contributed by atoms with Gasteiger partial charge >= 0.3 is 11.7 Å². The Balaban J connectivity index is 1.56. The molecule has 0 unspecified atom stereocenters. The summed E-state index contributed by atoms with van der Waals surface area (Å²) in [5.41, 5.74) is 0.230. The number of hydrogen-bond donors (Lipinski definition) is 3. The zero-order chi connectivity index (χ0) is 26.3. The smallest absolute Gasteiger partial charge is 0.328 e. The van der Waals surface area contributed by atoms with Crippen molar-refractivity contribution in [3.8, 4) is 5.75 Å². The number of rotatable bonds is 9. The second-order valence-corrected chi connectivity index (χ2v) is 10.4. The predicted octanol–water partition coefficient (Wildman–Crippen LogP) is 3.55. The van der Waals surface area contributed by atoms with Crippen LogP contribution in [0, 0.1) is 10.1 Å². The summed E-state index contributed by atoms with van der Waals surface area (Å²) < 4.78 is 32.1. The largest absolute Gasteiger partial charge is 0.490 e. The van der Waals surface area contributed by atoms with Gasteiger partial charge in [-0.25, -0.2) is 17.9 Å². The van der Waals surface area contributed by atoms with Crippen LogP contribution in [0.5, 0.6) is 5.75 Å².